The maximum atomic E-state index is 6.01. The van der Waals surface area contributed by atoms with Crippen LogP contribution >= 0.6 is 23.2 Å². The molecule has 85 heavy (non-hydrogen) atoms. The van der Waals surface area contributed by atoms with E-state index in [-0.39, 0.29) is 0 Å². The van der Waals surface area contributed by atoms with Crippen molar-refractivity contribution in [1.82, 2.24) is 68.1 Å². The van der Waals surface area contributed by atoms with Gasteiger partial charge in [0.05, 0.1) is 42.6 Å². The number of aromatic nitrogens is 16. The second kappa shape index (κ2) is 35.8. The largest absolute Gasteiger partial charge is 0.346 e. The predicted octanol–water partition coefficient (Wildman–Crippen LogP) is 16.6. The summed E-state index contributed by atoms with van der Waals surface area (Å²) in [6, 6.07) is 0. The Morgan fingerprint density at radius 2 is 0.941 bits per heavy atom. The molecule has 0 bridgehead atoms. The molecule has 18 heteroatoms. The Morgan fingerprint density at radius 1 is 0.471 bits per heavy atom. The molecule has 8 heterocycles. The van der Waals surface area contributed by atoms with E-state index in [1.54, 1.807) is 0 Å². The zero-order valence-electron chi connectivity index (χ0n) is 59.4. The smallest absolute Gasteiger partial charge is 0.252 e. The fourth-order valence-corrected chi connectivity index (χ4v) is 10.1. The second-order valence-electron chi connectivity index (χ2n) is 24.9. The van der Waals surface area contributed by atoms with E-state index in [9.17, 15) is 0 Å². The highest BCUT2D eigenvalue weighted by Crippen LogP contribution is 2.24. The summed E-state index contributed by atoms with van der Waals surface area (Å²) in [5.74, 6) is 12.8. The minimum absolute atomic E-state index is 0.405. The van der Waals surface area contributed by atoms with Crippen LogP contribution in [0, 0.1) is 69.2 Å². The van der Waals surface area contributed by atoms with Gasteiger partial charge in [-0.15, -0.1) is 0 Å². The van der Waals surface area contributed by atoms with Gasteiger partial charge in [-0.1, -0.05) is 129 Å². The molecular weight excluding hydrogens is 1100 g/mol. The van der Waals surface area contributed by atoms with E-state index in [1.807, 2.05) is 73.4 Å². The van der Waals surface area contributed by atoms with Crippen LogP contribution in [0.3, 0.4) is 0 Å². The molecule has 0 aliphatic heterocycles. The molecule has 8 aromatic rings. The topological polar surface area (TPSA) is 168 Å². The molecule has 0 saturated heterocycles. The van der Waals surface area contributed by atoms with Crippen molar-refractivity contribution in [2.24, 2.45) is 35.2 Å². The number of nitrogens with one attached hydrogen (secondary N) is 4. The zero-order chi connectivity index (χ0) is 65.8. The first-order chi connectivity index (χ1) is 39.2. The lowest BCUT2D eigenvalue weighted by Crippen LogP contribution is -2.34. The molecular formula is C67H118Cl2N16+2. The number of aryl methyl sites for hydroxylation is 12. The third kappa shape index (κ3) is 23.5. The molecule has 0 aromatic carbocycles. The number of halogens is 2. The molecule has 0 fully saturated rings. The van der Waals surface area contributed by atoms with Crippen LogP contribution in [0.4, 0.5) is 0 Å². The van der Waals surface area contributed by atoms with Gasteiger partial charge in [0.1, 0.15) is 51.5 Å². The summed E-state index contributed by atoms with van der Waals surface area (Å²) >= 11 is 12.0. The summed E-state index contributed by atoms with van der Waals surface area (Å²) in [6.07, 6.45) is 7.20. The Hall–Kier alpha value is -5.74. The SMILES string of the molecule is CCc1[nH]c(C)[n+](C)c1C(C)C.CCn1cc(C(C)C)nc1C.Cc1[nH]c(Cl)c(C(C)C)[n+]1C.Cc1nc(C(C)C)c(C)[nH]1.Cc1nc(C(C)C)c(C)n1C.Cc1nc(C(C)C)c(Cl)n1C.Cc1nc(C(C)C)cn1C.Cc1ncc(C(C)C)[nH]1. The van der Waals surface area contributed by atoms with Gasteiger partial charge in [0.25, 0.3) is 11.6 Å². The Morgan fingerprint density at radius 3 is 1.16 bits per heavy atom. The lowest BCUT2D eigenvalue weighted by Gasteiger charge is -2.01. The number of aromatic amines is 4. The van der Waals surface area contributed by atoms with Crippen LogP contribution in [0.25, 0.3) is 0 Å². The average Bonchev–Trinajstić information content (AvgIpc) is 4.36. The van der Waals surface area contributed by atoms with E-state index < -0.39 is 0 Å². The number of hydrogen-bond donors (Lipinski definition) is 4. The van der Waals surface area contributed by atoms with Gasteiger partial charge in [-0.25, -0.2) is 49.0 Å². The highest BCUT2D eigenvalue weighted by molar-refractivity contribution is 6.30. The van der Waals surface area contributed by atoms with E-state index in [0.29, 0.717) is 47.3 Å². The van der Waals surface area contributed by atoms with E-state index in [1.165, 1.54) is 62.8 Å². The lowest BCUT2D eigenvalue weighted by molar-refractivity contribution is -0.685. The summed E-state index contributed by atoms with van der Waals surface area (Å²) in [6.45, 7) is 60.2. The van der Waals surface area contributed by atoms with Gasteiger partial charge in [0, 0.05) is 95.5 Å². The summed E-state index contributed by atoms with van der Waals surface area (Å²) in [4.78, 5) is 38.9. The van der Waals surface area contributed by atoms with E-state index >= 15 is 0 Å². The maximum absolute atomic E-state index is 6.01. The van der Waals surface area contributed by atoms with Crippen LogP contribution in [0.2, 0.25) is 10.3 Å². The number of rotatable bonds is 10. The Kier molecular flexibility index (Phi) is 32.5. The summed E-state index contributed by atoms with van der Waals surface area (Å²) < 4.78 is 12.6. The van der Waals surface area contributed by atoms with Crippen LogP contribution in [0.1, 0.15) is 281 Å². The maximum Gasteiger partial charge on any atom is 0.252 e. The molecule has 0 aliphatic rings. The molecule has 16 nitrogen and oxygen atoms in total. The quantitative estimate of drug-likeness (QED) is 0.0994. The van der Waals surface area contributed by atoms with Gasteiger partial charge in [0.15, 0.2) is 5.69 Å². The molecule has 8 aromatic heterocycles. The van der Waals surface area contributed by atoms with E-state index in [2.05, 4.69) is 251 Å². The lowest BCUT2D eigenvalue weighted by atomic mass is 10.1. The van der Waals surface area contributed by atoms with Gasteiger partial charge >= 0.3 is 0 Å². The van der Waals surface area contributed by atoms with Gasteiger partial charge in [0.2, 0.25) is 5.15 Å². The Labute approximate surface area is 525 Å². The van der Waals surface area contributed by atoms with Gasteiger partial charge in [-0.3, -0.25) is 0 Å². The molecule has 0 amide bonds. The normalized spacial score (nSPS) is 11.0. The van der Waals surface area contributed by atoms with E-state index in [0.717, 1.165) is 69.7 Å². The molecule has 0 aliphatic carbocycles. The van der Waals surface area contributed by atoms with Gasteiger partial charge in [-0.05, 0) is 109 Å². The number of H-pyrrole nitrogens is 4. The van der Waals surface area contributed by atoms with Crippen LogP contribution in [-0.4, -0.2) is 68.1 Å². The van der Waals surface area contributed by atoms with Gasteiger partial charge in [-0.2, -0.15) is 0 Å². The van der Waals surface area contributed by atoms with Crippen LogP contribution in [-0.2, 0) is 48.2 Å². The number of imidazole rings is 8. The molecule has 478 valence electrons. The molecule has 0 unspecified atom stereocenters. The monoisotopic (exact) mass is 1220 g/mol. The van der Waals surface area contributed by atoms with Crippen molar-refractivity contribution in [1.29, 1.82) is 0 Å². The van der Waals surface area contributed by atoms with Crippen LogP contribution in [0.15, 0.2) is 18.6 Å². The summed E-state index contributed by atoms with van der Waals surface area (Å²) in [5, 5.41) is 1.53. The number of nitrogens with zero attached hydrogens (tertiary/aromatic N) is 12. The zero-order valence-corrected chi connectivity index (χ0v) is 60.9. The molecule has 0 atom stereocenters. The van der Waals surface area contributed by atoms with E-state index in [4.69, 9.17) is 23.2 Å². The van der Waals surface area contributed by atoms with Crippen molar-refractivity contribution >= 4 is 23.2 Å². The van der Waals surface area contributed by atoms with Crippen molar-refractivity contribution in [3.8, 4) is 0 Å². The Bertz CT molecular complexity index is 3130. The minimum Gasteiger partial charge on any atom is -0.346 e. The van der Waals surface area contributed by atoms with Crippen LogP contribution in [0.5, 0.6) is 0 Å². The fourth-order valence-electron chi connectivity index (χ4n) is 9.22. The van der Waals surface area contributed by atoms with Crippen molar-refractivity contribution in [2.75, 3.05) is 0 Å². The van der Waals surface area contributed by atoms with Crippen molar-refractivity contribution < 1.29 is 9.13 Å². The van der Waals surface area contributed by atoms with Crippen molar-refractivity contribution in [3.63, 3.8) is 0 Å². The molecule has 0 saturated carbocycles. The molecule has 0 spiro atoms. The third-order valence-electron chi connectivity index (χ3n) is 14.9. The van der Waals surface area contributed by atoms with Gasteiger partial charge < -0.3 is 28.2 Å². The molecule has 4 N–H and O–H groups in total. The van der Waals surface area contributed by atoms with Crippen molar-refractivity contribution in [2.45, 2.75) is 254 Å². The third-order valence-corrected chi connectivity index (χ3v) is 15.7. The Balaban J connectivity index is 0.000000486. The summed E-state index contributed by atoms with van der Waals surface area (Å²) in [7, 11) is 10.2. The first kappa shape index (κ1) is 77.3. The molecule has 0 radical (unpaired) electrons. The standard InChI is InChI=1S/C10H18N2.2C9H16N2.2C8H13ClN2.2C8H14N2.C7H12N2/c1-6-9-10(7(2)3)12(5)8(4)11-9;1-6(2)9-7(3)11(5)8(4)10-9;1-5-11-6-9(7(2)3)10-8(11)4;1-5(2)7-8(9)10-6(3)11(7)4;1-5(2)7-8(9)11(4)6(3)10-7;1-6(2)8-5-10(4)7(3)9-8;1-5(2)8-6(3)9-7(4)10-8;1-5(2)7-4-8-6(3)9-7/h7H,6H2,1-5H3;6H,1-5H3;6-7H,5H2,1-4H3;2*5H,1-4H3;5-6H,1-4H3;5H,1-4H3,(H,9,10);4-5H,1-3H3,(H,8,9)/p+2. The summed E-state index contributed by atoms with van der Waals surface area (Å²) in [5.41, 5.74) is 13.5. The highest BCUT2D eigenvalue weighted by atomic mass is 35.5. The predicted molar refractivity (Wildman–Crippen MR) is 358 cm³/mol. The minimum atomic E-state index is 0.405. The average molecular weight is 1220 g/mol. The second-order valence-corrected chi connectivity index (χ2v) is 25.6. The fraction of sp³-hybridized carbons (Fsp3) is 0.642. The molecule has 8 rings (SSSR count). The van der Waals surface area contributed by atoms with Crippen LogP contribution < -0.4 is 9.13 Å². The first-order valence-corrected chi connectivity index (χ1v) is 31.6. The van der Waals surface area contributed by atoms with Crippen molar-refractivity contribution in [3.05, 3.63) is 138 Å². The highest BCUT2D eigenvalue weighted by Gasteiger charge is 2.21. The first-order valence-electron chi connectivity index (χ1n) is 30.8. The number of hydrogen-bond acceptors (Lipinski definition) is 6.